The Morgan fingerprint density at radius 2 is 2.25 bits per heavy atom. The van der Waals surface area contributed by atoms with E-state index in [2.05, 4.69) is 9.97 Å². The first-order chi connectivity index (χ1) is 5.70. The van der Waals surface area contributed by atoms with Crippen molar-refractivity contribution >= 4 is 17.6 Å². The topological polar surface area (TPSA) is 72.3 Å². The highest BCUT2D eigenvalue weighted by Crippen LogP contribution is 2.16. The smallest absolute Gasteiger partial charge is 0.341 e. The molecule has 1 heterocycles. The molecule has 0 radical (unpaired) electrons. The van der Waals surface area contributed by atoms with Gasteiger partial charge in [-0.3, -0.25) is 0 Å². The van der Waals surface area contributed by atoms with Crippen LogP contribution < -0.4 is 4.74 Å². The molecule has 0 aliphatic carbocycles. The zero-order valence-electron chi connectivity index (χ0n) is 5.90. The number of aliphatic carboxylic acids is 1. The van der Waals surface area contributed by atoms with E-state index in [4.69, 9.17) is 21.4 Å². The van der Waals surface area contributed by atoms with Gasteiger partial charge in [0.2, 0.25) is 0 Å². The molecule has 1 aromatic heterocycles. The molecule has 0 unspecified atom stereocenters. The van der Waals surface area contributed by atoms with Crippen molar-refractivity contribution in [2.75, 3.05) is 6.61 Å². The van der Waals surface area contributed by atoms with Gasteiger partial charge < -0.3 is 9.84 Å². The maximum absolute atomic E-state index is 10.1. The molecule has 0 aliphatic rings. The SMILES string of the molecule is O=C(O)COc1nccnc1Cl. The van der Waals surface area contributed by atoms with Crippen molar-refractivity contribution in [1.82, 2.24) is 9.97 Å². The number of carboxylic acids is 1. The summed E-state index contributed by atoms with van der Waals surface area (Å²) in [7, 11) is 0. The Hall–Kier alpha value is -1.36. The highest BCUT2D eigenvalue weighted by molar-refractivity contribution is 6.30. The van der Waals surface area contributed by atoms with Crippen molar-refractivity contribution in [3.63, 3.8) is 0 Å². The monoisotopic (exact) mass is 188 g/mol. The molecule has 1 aromatic rings. The van der Waals surface area contributed by atoms with E-state index < -0.39 is 12.6 Å². The summed E-state index contributed by atoms with van der Waals surface area (Å²) in [6, 6.07) is 0. The molecule has 6 heteroatoms. The number of nitrogens with zero attached hydrogens (tertiary/aromatic N) is 2. The molecule has 0 aromatic carbocycles. The fraction of sp³-hybridized carbons (Fsp3) is 0.167. The minimum atomic E-state index is -1.09. The van der Waals surface area contributed by atoms with Crippen molar-refractivity contribution in [3.8, 4) is 5.88 Å². The maximum atomic E-state index is 10.1. The van der Waals surface area contributed by atoms with Crippen LogP contribution in [0.5, 0.6) is 5.88 Å². The first-order valence-electron chi connectivity index (χ1n) is 3.01. The Labute approximate surface area is 73.0 Å². The van der Waals surface area contributed by atoms with Crippen molar-refractivity contribution in [2.24, 2.45) is 0 Å². The number of hydrogen-bond donors (Lipinski definition) is 1. The second-order valence-corrected chi connectivity index (χ2v) is 2.19. The van der Waals surface area contributed by atoms with Crippen molar-refractivity contribution in [2.45, 2.75) is 0 Å². The molecule has 5 nitrogen and oxygen atoms in total. The third-order valence-corrected chi connectivity index (χ3v) is 1.21. The highest BCUT2D eigenvalue weighted by atomic mass is 35.5. The van der Waals surface area contributed by atoms with Crippen LogP contribution in [0.2, 0.25) is 5.15 Å². The lowest BCUT2D eigenvalue weighted by Crippen LogP contribution is -2.10. The Morgan fingerprint density at radius 1 is 1.58 bits per heavy atom. The summed E-state index contributed by atoms with van der Waals surface area (Å²) >= 11 is 5.52. The minimum Gasteiger partial charge on any atom is -0.479 e. The standard InChI is InChI=1S/C6H5ClN2O3/c7-5-6(9-2-1-8-5)12-3-4(10)11/h1-2H,3H2,(H,10,11). The predicted octanol–water partition coefficient (Wildman–Crippen LogP) is 0.593. The van der Waals surface area contributed by atoms with Crippen LogP contribution in [0.1, 0.15) is 0 Å². The van der Waals surface area contributed by atoms with Crippen molar-refractivity contribution in [1.29, 1.82) is 0 Å². The average molecular weight is 189 g/mol. The van der Waals surface area contributed by atoms with Gasteiger partial charge in [-0.25, -0.2) is 14.8 Å². The quantitative estimate of drug-likeness (QED) is 0.752. The molecule has 12 heavy (non-hydrogen) atoms. The van der Waals surface area contributed by atoms with E-state index in [-0.39, 0.29) is 11.0 Å². The summed E-state index contributed by atoms with van der Waals surface area (Å²) in [6.45, 7) is -0.474. The van der Waals surface area contributed by atoms with E-state index in [1.165, 1.54) is 12.4 Å². The molecule has 0 atom stereocenters. The van der Waals surface area contributed by atoms with Gasteiger partial charge in [0.25, 0.3) is 5.88 Å². The largest absolute Gasteiger partial charge is 0.479 e. The molecule has 0 spiro atoms. The third-order valence-electron chi connectivity index (χ3n) is 0.955. The Balaban J connectivity index is 2.63. The average Bonchev–Trinajstić information content (AvgIpc) is 2.03. The molecule has 0 saturated carbocycles. The number of hydrogen-bond acceptors (Lipinski definition) is 4. The van der Waals surface area contributed by atoms with Crippen LogP contribution in [-0.2, 0) is 4.79 Å². The van der Waals surface area contributed by atoms with Gasteiger partial charge in [-0.05, 0) is 0 Å². The lowest BCUT2D eigenvalue weighted by molar-refractivity contribution is -0.139. The minimum absolute atomic E-state index is 0.0292. The maximum Gasteiger partial charge on any atom is 0.341 e. The Bertz CT molecular complexity index is 292. The van der Waals surface area contributed by atoms with Gasteiger partial charge in [-0.2, -0.15) is 0 Å². The van der Waals surface area contributed by atoms with Gasteiger partial charge in [0.05, 0.1) is 0 Å². The van der Waals surface area contributed by atoms with E-state index in [1.807, 2.05) is 0 Å². The highest BCUT2D eigenvalue weighted by Gasteiger charge is 2.04. The number of rotatable bonds is 3. The lowest BCUT2D eigenvalue weighted by Gasteiger charge is -2.01. The fourth-order valence-corrected chi connectivity index (χ4v) is 0.695. The second kappa shape index (κ2) is 3.87. The first-order valence-corrected chi connectivity index (χ1v) is 3.39. The molecule has 0 fully saturated rings. The lowest BCUT2D eigenvalue weighted by atomic mass is 10.7. The molecule has 0 saturated heterocycles. The number of ether oxygens (including phenoxy) is 1. The van der Waals surface area contributed by atoms with Gasteiger partial charge in [0.15, 0.2) is 11.8 Å². The summed E-state index contributed by atoms with van der Waals surface area (Å²) in [4.78, 5) is 17.4. The van der Waals surface area contributed by atoms with Crippen molar-refractivity contribution in [3.05, 3.63) is 17.5 Å². The molecule has 0 aliphatic heterocycles. The van der Waals surface area contributed by atoms with E-state index in [0.29, 0.717) is 0 Å². The van der Waals surface area contributed by atoms with Crippen LogP contribution in [0.25, 0.3) is 0 Å². The summed E-state index contributed by atoms with van der Waals surface area (Å²) in [6.07, 6.45) is 2.75. The van der Waals surface area contributed by atoms with Crippen LogP contribution in [0.4, 0.5) is 0 Å². The van der Waals surface area contributed by atoms with Crippen LogP contribution in [-0.4, -0.2) is 27.7 Å². The summed E-state index contributed by atoms with van der Waals surface area (Å²) in [5.74, 6) is -1.06. The molecule has 0 amide bonds. The summed E-state index contributed by atoms with van der Waals surface area (Å²) in [5, 5.41) is 8.30. The zero-order chi connectivity index (χ0) is 8.97. The van der Waals surface area contributed by atoms with Crippen LogP contribution in [0.15, 0.2) is 12.4 Å². The molecule has 0 bridgehead atoms. The molecule has 1 rings (SSSR count). The van der Waals surface area contributed by atoms with Crippen LogP contribution in [0.3, 0.4) is 0 Å². The molecular weight excluding hydrogens is 184 g/mol. The number of carbonyl (C=O) groups is 1. The van der Waals surface area contributed by atoms with E-state index in [1.54, 1.807) is 0 Å². The number of aromatic nitrogens is 2. The number of halogens is 1. The van der Waals surface area contributed by atoms with E-state index >= 15 is 0 Å². The Kier molecular flexibility index (Phi) is 2.82. The van der Waals surface area contributed by atoms with Crippen LogP contribution in [0, 0.1) is 0 Å². The second-order valence-electron chi connectivity index (χ2n) is 1.83. The van der Waals surface area contributed by atoms with Gasteiger partial charge in [0.1, 0.15) is 0 Å². The fourth-order valence-electron chi connectivity index (χ4n) is 0.535. The van der Waals surface area contributed by atoms with Crippen LogP contribution >= 0.6 is 11.6 Å². The van der Waals surface area contributed by atoms with Gasteiger partial charge in [-0.15, -0.1) is 0 Å². The first kappa shape index (κ1) is 8.73. The van der Waals surface area contributed by atoms with E-state index in [0.717, 1.165) is 0 Å². The third kappa shape index (κ3) is 2.35. The Morgan fingerprint density at radius 3 is 2.83 bits per heavy atom. The molecular formula is C6H5ClN2O3. The number of carboxylic acid groups (broad SMARTS) is 1. The van der Waals surface area contributed by atoms with E-state index in [9.17, 15) is 4.79 Å². The molecule has 1 N–H and O–H groups in total. The molecule has 64 valence electrons. The van der Waals surface area contributed by atoms with Crippen molar-refractivity contribution < 1.29 is 14.6 Å². The predicted molar refractivity (Wildman–Crippen MR) is 40.2 cm³/mol. The summed E-state index contributed by atoms with van der Waals surface area (Å²) in [5.41, 5.74) is 0. The van der Waals surface area contributed by atoms with Gasteiger partial charge >= 0.3 is 5.97 Å². The van der Waals surface area contributed by atoms with Gasteiger partial charge in [-0.1, -0.05) is 11.6 Å². The zero-order valence-corrected chi connectivity index (χ0v) is 6.65. The summed E-state index contributed by atoms with van der Waals surface area (Å²) < 4.78 is 4.69. The van der Waals surface area contributed by atoms with Gasteiger partial charge in [0, 0.05) is 12.4 Å². The normalized spacial score (nSPS) is 9.42.